The average molecular weight is 357 g/mol. The van der Waals surface area contributed by atoms with Crippen molar-refractivity contribution in [1.82, 2.24) is 24.7 Å². The minimum atomic E-state index is -3.63. The molecule has 0 aliphatic rings. The number of aryl methyl sites for hydroxylation is 3. The number of benzene rings is 1. The molecule has 2 aromatic heterocycles. The predicted octanol–water partition coefficient (Wildman–Crippen LogP) is 2.07. The Morgan fingerprint density at radius 1 is 1.16 bits per heavy atom. The lowest BCUT2D eigenvalue weighted by atomic mass is 10.1. The van der Waals surface area contributed by atoms with Gasteiger partial charge in [-0.3, -0.25) is 4.98 Å². The second-order valence-corrected chi connectivity index (χ2v) is 7.62. The number of hydrogen-bond acceptors (Lipinski definition) is 5. The van der Waals surface area contributed by atoms with Crippen LogP contribution >= 0.6 is 0 Å². The molecule has 3 rings (SSSR count). The Morgan fingerprint density at radius 2 is 1.88 bits per heavy atom. The number of rotatable bonds is 5. The van der Waals surface area contributed by atoms with Crippen LogP contribution in [0.15, 0.2) is 47.8 Å². The summed E-state index contributed by atoms with van der Waals surface area (Å²) in [5.74, 6) is 0. The topological polar surface area (TPSA) is 89.8 Å². The summed E-state index contributed by atoms with van der Waals surface area (Å²) in [5.41, 5.74) is 3.77. The van der Waals surface area contributed by atoms with Crippen molar-refractivity contribution in [3.63, 3.8) is 0 Å². The van der Waals surface area contributed by atoms with E-state index in [0.29, 0.717) is 10.6 Å². The van der Waals surface area contributed by atoms with Gasteiger partial charge in [-0.2, -0.15) is 0 Å². The Hall–Kier alpha value is -2.58. The summed E-state index contributed by atoms with van der Waals surface area (Å²) in [4.78, 5) is 4.34. The van der Waals surface area contributed by atoms with Gasteiger partial charge in [0.1, 0.15) is 0 Å². The molecule has 1 N–H and O–H groups in total. The Kier molecular flexibility index (Phi) is 4.65. The Bertz CT molecular complexity index is 974. The van der Waals surface area contributed by atoms with Gasteiger partial charge in [0.2, 0.25) is 10.0 Å². The molecule has 0 atom stereocenters. The van der Waals surface area contributed by atoms with Crippen molar-refractivity contribution in [2.24, 2.45) is 0 Å². The molecule has 0 amide bonds. The lowest BCUT2D eigenvalue weighted by Gasteiger charge is -2.12. The van der Waals surface area contributed by atoms with E-state index in [4.69, 9.17) is 0 Å². The van der Waals surface area contributed by atoms with Crippen LogP contribution < -0.4 is 4.72 Å². The third-order valence-corrected chi connectivity index (χ3v) is 5.47. The fourth-order valence-electron chi connectivity index (χ4n) is 2.83. The Balaban J connectivity index is 1.79. The van der Waals surface area contributed by atoms with E-state index in [1.165, 1.54) is 0 Å². The fraction of sp³-hybridized carbons (Fsp3) is 0.235. The molecule has 0 saturated heterocycles. The van der Waals surface area contributed by atoms with Crippen LogP contribution in [0.1, 0.15) is 22.4 Å². The maximum Gasteiger partial charge on any atom is 0.241 e. The predicted molar refractivity (Wildman–Crippen MR) is 93.8 cm³/mol. The highest BCUT2D eigenvalue weighted by atomic mass is 32.2. The summed E-state index contributed by atoms with van der Waals surface area (Å²) in [7, 11) is -3.63. The monoisotopic (exact) mass is 357 g/mol. The molecule has 0 bridgehead atoms. The van der Waals surface area contributed by atoms with Crippen molar-refractivity contribution in [3.05, 3.63) is 65.2 Å². The van der Waals surface area contributed by atoms with E-state index in [1.54, 1.807) is 43.2 Å². The van der Waals surface area contributed by atoms with Crippen LogP contribution in [0, 0.1) is 20.8 Å². The van der Waals surface area contributed by atoms with E-state index in [0.717, 1.165) is 22.4 Å². The van der Waals surface area contributed by atoms with Crippen molar-refractivity contribution in [1.29, 1.82) is 0 Å². The van der Waals surface area contributed by atoms with Gasteiger partial charge in [0.15, 0.2) is 0 Å². The van der Waals surface area contributed by atoms with Gasteiger partial charge in [-0.25, -0.2) is 17.8 Å². The summed E-state index contributed by atoms with van der Waals surface area (Å²) in [6, 6.07) is 7.36. The summed E-state index contributed by atoms with van der Waals surface area (Å²) >= 11 is 0. The number of hydrogen-bond donors (Lipinski definition) is 1. The molecule has 1 aromatic carbocycles. The summed E-state index contributed by atoms with van der Waals surface area (Å²) in [5, 5.41) is 8.00. The highest BCUT2D eigenvalue weighted by molar-refractivity contribution is 7.89. The molecule has 0 fully saturated rings. The molecule has 3 aromatic rings. The molecule has 7 nitrogen and oxygen atoms in total. The van der Waals surface area contributed by atoms with Gasteiger partial charge in [-0.05, 0) is 44.0 Å². The highest BCUT2D eigenvalue weighted by Gasteiger charge is 2.20. The largest absolute Gasteiger partial charge is 0.262 e. The van der Waals surface area contributed by atoms with Gasteiger partial charge in [0, 0.05) is 6.20 Å². The highest BCUT2D eigenvalue weighted by Crippen LogP contribution is 2.21. The lowest BCUT2D eigenvalue weighted by molar-refractivity contribution is 0.579. The van der Waals surface area contributed by atoms with Gasteiger partial charge < -0.3 is 0 Å². The van der Waals surface area contributed by atoms with Crippen LogP contribution in [0.5, 0.6) is 0 Å². The summed E-state index contributed by atoms with van der Waals surface area (Å²) in [6.45, 7) is 5.61. The van der Waals surface area contributed by atoms with Crippen LogP contribution in [0.2, 0.25) is 0 Å². The van der Waals surface area contributed by atoms with Gasteiger partial charge in [-0.15, -0.1) is 5.10 Å². The Labute approximate surface area is 146 Å². The molecule has 0 unspecified atom stereocenters. The van der Waals surface area contributed by atoms with E-state index in [-0.39, 0.29) is 6.54 Å². The molecule has 0 spiro atoms. The SMILES string of the molecule is Cc1cc(C)c(S(=O)(=O)NCc2cn(-c3cccnc3)nn2)c(C)c1. The van der Waals surface area contributed by atoms with Crippen LogP contribution in [0.25, 0.3) is 5.69 Å². The standard InChI is InChI=1S/C17H19N5O2S/c1-12-7-13(2)17(14(3)8-12)25(23,24)19-9-15-11-22(21-20-15)16-5-4-6-18-10-16/h4-8,10-11,19H,9H2,1-3H3. The number of nitrogens with one attached hydrogen (secondary N) is 1. The minimum Gasteiger partial charge on any atom is -0.262 e. The van der Waals surface area contributed by atoms with Crippen molar-refractivity contribution in [3.8, 4) is 5.69 Å². The number of nitrogens with zero attached hydrogens (tertiary/aromatic N) is 4. The molecule has 2 heterocycles. The van der Waals surface area contributed by atoms with Crippen molar-refractivity contribution < 1.29 is 8.42 Å². The summed E-state index contributed by atoms with van der Waals surface area (Å²) < 4.78 is 29.5. The first kappa shape index (κ1) is 17.2. The minimum absolute atomic E-state index is 0.0648. The first-order valence-corrected chi connectivity index (χ1v) is 9.24. The molecular weight excluding hydrogens is 338 g/mol. The lowest BCUT2D eigenvalue weighted by Crippen LogP contribution is -2.25. The van der Waals surface area contributed by atoms with Gasteiger partial charge in [-0.1, -0.05) is 22.9 Å². The number of pyridine rings is 1. The second-order valence-electron chi connectivity index (χ2n) is 5.92. The fourth-order valence-corrected chi connectivity index (χ4v) is 4.27. The first-order valence-electron chi connectivity index (χ1n) is 7.76. The quantitative estimate of drug-likeness (QED) is 0.755. The van der Waals surface area contributed by atoms with E-state index >= 15 is 0 Å². The molecular formula is C17H19N5O2S. The van der Waals surface area contributed by atoms with Gasteiger partial charge >= 0.3 is 0 Å². The maximum atomic E-state index is 12.7. The Morgan fingerprint density at radius 3 is 2.52 bits per heavy atom. The van der Waals surface area contributed by atoms with Crippen molar-refractivity contribution >= 4 is 10.0 Å². The van der Waals surface area contributed by atoms with E-state index in [1.807, 2.05) is 25.1 Å². The molecule has 0 aliphatic carbocycles. The zero-order valence-corrected chi connectivity index (χ0v) is 15.1. The van der Waals surface area contributed by atoms with Crippen LogP contribution in [0.4, 0.5) is 0 Å². The van der Waals surface area contributed by atoms with Gasteiger partial charge in [0.05, 0.1) is 35.2 Å². The average Bonchev–Trinajstić information content (AvgIpc) is 3.02. The third kappa shape index (κ3) is 3.75. The van der Waals surface area contributed by atoms with Gasteiger partial charge in [0.25, 0.3) is 0 Å². The first-order chi connectivity index (χ1) is 11.9. The maximum absolute atomic E-state index is 12.7. The molecule has 0 radical (unpaired) electrons. The number of sulfonamides is 1. The number of aromatic nitrogens is 4. The molecule has 0 aliphatic heterocycles. The van der Waals surface area contributed by atoms with Crippen LogP contribution in [0.3, 0.4) is 0 Å². The van der Waals surface area contributed by atoms with E-state index in [2.05, 4.69) is 20.0 Å². The van der Waals surface area contributed by atoms with E-state index < -0.39 is 10.0 Å². The molecule has 25 heavy (non-hydrogen) atoms. The third-order valence-electron chi connectivity index (χ3n) is 3.77. The van der Waals surface area contributed by atoms with Crippen LogP contribution in [-0.2, 0) is 16.6 Å². The van der Waals surface area contributed by atoms with E-state index in [9.17, 15) is 8.42 Å². The van der Waals surface area contributed by atoms with Crippen molar-refractivity contribution in [2.75, 3.05) is 0 Å². The molecule has 0 saturated carbocycles. The molecule has 130 valence electrons. The zero-order chi connectivity index (χ0) is 18.0. The zero-order valence-electron chi connectivity index (χ0n) is 14.3. The summed E-state index contributed by atoms with van der Waals surface area (Å²) in [6.07, 6.45) is 5.00. The van der Waals surface area contributed by atoms with Crippen molar-refractivity contribution in [2.45, 2.75) is 32.2 Å². The smallest absolute Gasteiger partial charge is 0.241 e. The van der Waals surface area contributed by atoms with Crippen LogP contribution in [-0.4, -0.2) is 28.4 Å². The second kappa shape index (κ2) is 6.73. The normalized spacial score (nSPS) is 11.6. The molecule has 8 heteroatoms.